The predicted molar refractivity (Wildman–Crippen MR) is 336 cm³/mol. The van der Waals surface area contributed by atoms with Crippen molar-refractivity contribution in [1.82, 2.24) is 25.7 Å². The zero-order valence-corrected chi connectivity index (χ0v) is 56.2. The van der Waals surface area contributed by atoms with Crippen LogP contribution in [0, 0.1) is 6.92 Å². The minimum Gasteiger partial charge on any atom is -0.491 e. The van der Waals surface area contributed by atoms with Crippen molar-refractivity contribution >= 4 is 6.09 Å². The molecule has 1 aromatic carbocycles. The number of rotatable bonds is 74. The Morgan fingerprint density at radius 3 is 0.688 bits per heavy atom. The maximum absolute atomic E-state index is 11.5. The third-order valence-corrected chi connectivity index (χ3v) is 11.3. The molecule has 0 aliphatic carbocycles. The van der Waals surface area contributed by atoms with E-state index in [0.717, 1.165) is 11.3 Å². The highest BCUT2D eigenvalue weighted by atomic mass is 16.6. The van der Waals surface area contributed by atoms with Gasteiger partial charge in [0.15, 0.2) is 5.82 Å². The Bertz CT molecular complexity index is 1840. The summed E-state index contributed by atoms with van der Waals surface area (Å²) in [5, 5.41) is 18.6. The molecule has 31 heteroatoms. The fraction of sp³-hybridized carbons (Fsp3) is 0.855. The normalized spacial score (nSPS) is 11.7. The number of carbonyl (C=O) groups is 1. The monoisotopic (exact) mass is 1340 g/mol. The van der Waals surface area contributed by atoms with Gasteiger partial charge in [-0.2, -0.15) is 0 Å². The average Bonchev–Trinajstić information content (AvgIpc) is 2.58. The summed E-state index contributed by atoms with van der Waals surface area (Å²) in [5.74, 6) is 1.72. The van der Waals surface area contributed by atoms with Crippen LogP contribution in [0.3, 0.4) is 0 Å². The van der Waals surface area contributed by atoms with Gasteiger partial charge < -0.3 is 124 Å². The van der Waals surface area contributed by atoms with Crippen molar-refractivity contribution < 1.29 is 123 Å². The summed E-state index contributed by atoms with van der Waals surface area (Å²) >= 11 is 0. The molecule has 1 N–H and O–H groups in total. The first-order valence-corrected chi connectivity index (χ1v) is 32.4. The molecule has 1 amide bonds. The molecular formula is C62H113N5O26. The summed E-state index contributed by atoms with van der Waals surface area (Å²) in [4.78, 5) is 11.5. The fourth-order valence-corrected chi connectivity index (χ4v) is 6.79. The van der Waals surface area contributed by atoms with Crippen LogP contribution in [0.2, 0.25) is 0 Å². The van der Waals surface area contributed by atoms with Crippen molar-refractivity contribution in [3.63, 3.8) is 0 Å². The number of alkyl carbamates (subject to hydrolysis) is 1. The Kier molecular flexibility index (Phi) is 62.7. The van der Waals surface area contributed by atoms with Crippen LogP contribution in [-0.2, 0) is 114 Å². The molecule has 0 unspecified atom stereocenters. The first-order valence-electron chi connectivity index (χ1n) is 32.4. The largest absolute Gasteiger partial charge is 0.491 e. The third kappa shape index (κ3) is 64.1. The Morgan fingerprint density at radius 2 is 0.484 bits per heavy atom. The SMILES string of the molecule is Cc1nnc(-c2ccc(OCCOCCOCCOCCOCCOCCOCCOCCOCCOCCOCCOCCOCCOCCOCCOCCOCCOCCOCCOCCOCCOCCOCCOCCNC(=O)OC(C)(C)C)cc2)nn1. The molecule has 93 heavy (non-hydrogen) atoms. The lowest BCUT2D eigenvalue weighted by Crippen LogP contribution is -2.34. The van der Waals surface area contributed by atoms with Crippen molar-refractivity contribution in [2.75, 3.05) is 317 Å². The molecule has 2 aromatic rings. The quantitative estimate of drug-likeness (QED) is 0.0930. The minimum atomic E-state index is -0.523. The number of benzene rings is 1. The van der Waals surface area contributed by atoms with E-state index in [2.05, 4.69) is 25.7 Å². The molecule has 2 rings (SSSR count). The van der Waals surface area contributed by atoms with E-state index in [0.29, 0.717) is 329 Å². The molecule has 0 saturated carbocycles. The molecule has 542 valence electrons. The molecular weight excluding hydrogens is 1230 g/mol. The van der Waals surface area contributed by atoms with Crippen LogP contribution >= 0.6 is 0 Å². The minimum absolute atomic E-state index is 0.373. The molecule has 0 spiro atoms. The lowest BCUT2D eigenvalue weighted by atomic mass is 10.2. The first-order chi connectivity index (χ1) is 45.8. The molecule has 1 aromatic heterocycles. The number of hydrogen-bond acceptors (Lipinski definition) is 30. The summed E-state index contributed by atoms with van der Waals surface area (Å²) in [6.07, 6.45) is -0.459. The summed E-state index contributed by atoms with van der Waals surface area (Å²) in [7, 11) is 0. The molecule has 0 saturated heterocycles. The molecule has 1 heterocycles. The molecule has 0 aliphatic rings. The van der Waals surface area contributed by atoms with Gasteiger partial charge in [-0.15, -0.1) is 20.4 Å². The van der Waals surface area contributed by atoms with E-state index in [1.165, 1.54) is 0 Å². The first kappa shape index (κ1) is 85.4. The Balaban J connectivity index is 1.10. The van der Waals surface area contributed by atoms with Crippen LogP contribution in [0.1, 0.15) is 26.6 Å². The highest BCUT2D eigenvalue weighted by molar-refractivity contribution is 5.67. The lowest BCUT2D eigenvalue weighted by Gasteiger charge is -2.19. The third-order valence-electron chi connectivity index (χ3n) is 11.3. The number of ether oxygens (including phenoxy) is 25. The van der Waals surface area contributed by atoms with E-state index in [9.17, 15) is 4.79 Å². The van der Waals surface area contributed by atoms with E-state index < -0.39 is 11.7 Å². The predicted octanol–water partition coefficient (Wildman–Crippen LogP) is 2.53. The van der Waals surface area contributed by atoms with Crippen LogP contribution in [0.15, 0.2) is 24.3 Å². The Hall–Kier alpha value is -3.69. The van der Waals surface area contributed by atoms with Crippen LogP contribution < -0.4 is 10.1 Å². The van der Waals surface area contributed by atoms with Gasteiger partial charge >= 0.3 is 6.09 Å². The van der Waals surface area contributed by atoms with Gasteiger partial charge in [0.2, 0.25) is 5.82 Å². The maximum atomic E-state index is 11.5. The number of aryl methyl sites for hydroxylation is 1. The topological polar surface area (TPSA) is 311 Å². The number of nitrogens with one attached hydrogen (secondary N) is 1. The summed E-state index contributed by atoms with van der Waals surface area (Å²) in [6, 6.07) is 7.41. The summed E-state index contributed by atoms with van der Waals surface area (Å²) < 4.78 is 138. The lowest BCUT2D eigenvalue weighted by molar-refractivity contribution is -0.0319. The fourth-order valence-electron chi connectivity index (χ4n) is 6.79. The van der Waals surface area contributed by atoms with Gasteiger partial charge in [0.05, 0.1) is 304 Å². The zero-order chi connectivity index (χ0) is 66.4. The van der Waals surface area contributed by atoms with Gasteiger partial charge in [-0.1, -0.05) is 0 Å². The molecule has 0 radical (unpaired) electrons. The van der Waals surface area contributed by atoms with E-state index in [1.807, 2.05) is 45.0 Å². The van der Waals surface area contributed by atoms with Crippen molar-refractivity contribution in [3.8, 4) is 17.1 Å². The van der Waals surface area contributed by atoms with Gasteiger partial charge in [0, 0.05) is 12.1 Å². The van der Waals surface area contributed by atoms with Crippen molar-refractivity contribution in [2.45, 2.75) is 33.3 Å². The van der Waals surface area contributed by atoms with E-state index in [1.54, 1.807) is 6.92 Å². The van der Waals surface area contributed by atoms with Gasteiger partial charge in [0.25, 0.3) is 0 Å². The van der Waals surface area contributed by atoms with Crippen molar-refractivity contribution in [1.29, 1.82) is 0 Å². The number of amides is 1. The maximum Gasteiger partial charge on any atom is 0.407 e. The number of nitrogens with zero attached hydrogens (tertiary/aromatic N) is 4. The Labute approximate surface area is 551 Å². The Morgan fingerprint density at radius 1 is 0.290 bits per heavy atom. The summed E-state index contributed by atoms with van der Waals surface area (Å²) in [5.41, 5.74) is 0.292. The van der Waals surface area contributed by atoms with Gasteiger partial charge in [-0.05, 0) is 52.0 Å². The van der Waals surface area contributed by atoms with E-state index in [4.69, 9.17) is 118 Å². The standard InChI is InChI=1S/C62H113N5O26/c1-57-64-66-60(67-65-57)58-5-7-59(8-6-58)92-56-55-91-54-53-90-52-51-89-50-49-88-48-47-87-46-45-86-44-43-85-42-41-84-40-39-83-38-37-82-36-35-81-34-33-80-32-31-79-30-29-78-28-27-77-26-25-76-24-23-75-22-21-74-20-19-73-18-17-72-16-15-71-14-13-70-12-11-69-10-9-63-61(68)93-62(2,3)4/h5-8H,9-56H2,1-4H3,(H,63,68). The highest BCUT2D eigenvalue weighted by Gasteiger charge is 2.15. The zero-order valence-electron chi connectivity index (χ0n) is 56.2. The van der Waals surface area contributed by atoms with Crippen LogP contribution in [0.4, 0.5) is 4.79 Å². The molecule has 31 nitrogen and oxygen atoms in total. The average molecular weight is 1340 g/mol. The van der Waals surface area contributed by atoms with E-state index in [-0.39, 0.29) is 0 Å². The van der Waals surface area contributed by atoms with Gasteiger partial charge in [0.1, 0.15) is 18.0 Å². The smallest absolute Gasteiger partial charge is 0.407 e. The van der Waals surface area contributed by atoms with Gasteiger partial charge in [-0.25, -0.2) is 4.79 Å². The second kappa shape index (κ2) is 68.3. The van der Waals surface area contributed by atoms with Crippen molar-refractivity contribution in [2.24, 2.45) is 0 Å². The van der Waals surface area contributed by atoms with Crippen LogP contribution in [0.25, 0.3) is 11.4 Å². The molecule has 0 atom stereocenters. The van der Waals surface area contributed by atoms with E-state index >= 15 is 0 Å². The number of aromatic nitrogens is 4. The molecule has 0 bridgehead atoms. The second-order valence-corrected chi connectivity index (χ2v) is 20.2. The van der Waals surface area contributed by atoms with Crippen LogP contribution in [-0.4, -0.2) is 349 Å². The second-order valence-electron chi connectivity index (χ2n) is 20.2. The number of carbonyl (C=O) groups excluding carboxylic acids is 1. The summed E-state index contributed by atoms with van der Waals surface area (Å²) in [6.45, 7) is 29.7. The molecule has 0 aliphatic heterocycles. The van der Waals surface area contributed by atoms with Crippen LogP contribution in [0.5, 0.6) is 5.75 Å². The number of hydrogen-bond donors (Lipinski definition) is 1. The van der Waals surface area contributed by atoms with Crippen molar-refractivity contribution in [3.05, 3.63) is 30.1 Å². The highest BCUT2D eigenvalue weighted by Crippen LogP contribution is 2.18. The van der Waals surface area contributed by atoms with Gasteiger partial charge in [-0.3, -0.25) is 0 Å². The molecule has 0 fully saturated rings.